The first-order valence-corrected chi connectivity index (χ1v) is 8.33. The molecule has 1 aliphatic carbocycles. The van der Waals surface area contributed by atoms with Gasteiger partial charge in [0.05, 0.1) is 7.11 Å². The van der Waals surface area contributed by atoms with E-state index in [0.29, 0.717) is 4.83 Å². The molecule has 19 heavy (non-hydrogen) atoms. The molecule has 1 aliphatic rings. The van der Waals surface area contributed by atoms with E-state index < -0.39 is 0 Å². The highest BCUT2D eigenvalue weighted by Crippen LogP contribution is 2.38. The first-order valence-electron chi connectivity index (χ1n) is 7.41. The summed E-state index contributed by atoms with van der Waals surface area (Å²) < 4.78 is 5.51. The number of hydrogen-bond acceptors (Lipinski definition) is 1. The van der Waals surface area contributed by atoms with Crippen LogP contribution in [0, 0.1) is 18.8 Å². The summed E-state index contributed by atoms with van der Waals surface area (Å²) in [5.41, 5.74) is 2.69. The van der Waals surface area contributed by atoms with Crippen LogP contribution in [0.15, 0.2) is 18.2 Å². The van der Waals surface area contributed by atoms with E-state index >= 15 is 0 Å². The maximum Gasteiger partial charge on any atom is 0.122 e. The molecular weight excluding hydrogens is 300 g/mol. The van der Waals surface area contributed by atoms with Crippen LogP contribution in [0.3, 0.4) is 0 Å². The van der Waals surface area contributed by atoms with E-state index in [1.807, 2.05) is 0 Å². The number of aryl methyl sites for hydroxylation is 1. The zero-order valence-corrected chi connectivity index (χ0v) is 13.9. The van der Waals surface area contributed by atoms with Crippen molar-refractivity contribution in [3.63, 3.8) is 0 Å². The van der Waals surface area contributed by atoms with Gasteiger partial charge in [-0.15, -0.1) is 0 Å². The highest BCUT2D eigenvalue weighted by molar-refractivity contribution is 9.09. The molecule has 0 aromatic heterocycles. The van der Waals surface area contributed by atoms with Crippen LogP contribution in [0.5, 0.6) is 5.75 Å². The van der Waals surface area contributed by atoms with E-state index in [-0.39, 0.29) is 0 Å². The fourth-order valence-corrected chi connectivity index (χ4v) is 3.92. The Morgan fingerprint density at radius 3 is 2.79 bits per heavy atom. The molecule has 1 aromatic rings. The van der Waals surface area contributed by atoms with Gasteiger partial charge in [-0.1, -0.05) is 47.0 Å². The monoisotopic (exact) mass is 324 g/mol. The van der Waals surface area contributed by atoms with Crippen LogP contribution in [-0.4, -0.2) is 11.9 Å². The SMILES string of the molecule is CCC1CCC(Br)C(Cc2cc(C)ccc2OC)C1. The van der Waals surface area contributed by atoms with E-state index in [1.54, 1.807) is 7.11 Å². The Balaban J connectivity index is 2.12. The third-order valence-corrected chi connectivity index (χ3v) is 5.70. The topological polar surface area (TPSA) is 9.23 Å². The maximum absolute atomic E-state index is 5.51. The second-order valence-electron chi connectivity index (χ2n) is 5.88. The summed E-state index contributed by atoms with van der Waals surface area (Å²) in [6.45, 7) is 4.48. The van der Waals surface area contributed by atoms with Crippen LogP contribution >= 0.6 is 15.9 Å². The summed E-state index contributed by atoms with van der Waals surface area (Å²) >= 11 is 3.89. The Bertz CT molecular complexity index is 416. The Hall–Kier alpha value is -0.500. The summed E-state index contributed by atoms with van der Waals surface area (Å²) in [5, 5.41) is 0. The van der Waals surface area contributed by atoms with Gasteiger partial charge in [0, 0.05) is 4.83 Å². The molecule has 3 atom stereocenters. The molecule has 1 fully saturated rings. The van der Waals surface area contributed by atoms with Gasteiger partial charge in [-0.2, -0.15) is 0 Å². The van der Waals surface area contributed by atoms with Crippen LogP contribution < -0.4 is 4.74 Å². The van der Waals surface area contributed by atoms with Gasteiger partial charge in [0.25, 0.3) is 0 Å². The molecular formula is C17H25BrO. The van der Waals surface area contributed by atoms with Crippen molar-refractivity contribution >= 4 is 15.9 Å². The molecule has 3 unspecified atom stereocenters. The van der Waals surface area contributed by atoms with E-state index in [1.165, 1.54) is 36.8 Å². The van der Waals surface area contributed by atoms with Crippen LogP contribution in [0.2, 0.25) is 0 Å². The molecule has 1 saturated carbocycles. The molecule has 0 bridgehead atoms. The number of benzene rings is 1. The maximum atomic E-state index is 5.51. The van der Waals surface area contributed by atoms with Gasteiger partial charge in [0.15, 0.2) is 0 Å². The number of hydrogen-bond donors (Lipinski definition) is 0. The molecule has 0 spiro atoms. The number of rotatable bonds is 4. The van der Waals surface area contributed by atoms with E-state index in [9.17, 15) is 0 Å². The second-order valence-corrected chi connectivity index (χ2v) is 7.06. The molecule has 1 aromatic carbocycles. The van der Waals surface area contributed by atoms with Crippen LogP contribution in [0.4, 0.5) is 0 Å². The summed E-state index contributed by atoms with van der Waals surface area (Å²) in [6, 6.07) is 6.52. The van der Waals surface area contributed by atoms with Crippen molar-refractivity contribution in [2.24, 2.45) is 11.8 Å². The van der Waals surface area contributed by atoms with E-state index in [4.69, 9.17) is 4.74 Å². The van der Waals surface area contributed by atoms with Crippen LogP contribution in [0.25, 0.3) is 0 Å². The Morgan fingerprint density at radius 2 is 2.11 bits per heavy atom. The van der Waals surface area contributed by atoms with Crippen molar-refractivity contribution in [3.05, 3.63) is 29.3 Å². The largest absolute Gasteiger partial charge is 0.496 e. The van der Waals surface area contributed by atoms with Crippen molar-refractivity contribution in [3.8, 4) is 5.75 Å². The number of ether oxygens (including phenoxy) is 1. The van der Waals surface area contributed by atoms with Crippen molar-refractivity contribution in [2.45, 2.75) is 50.8 Å². The molecule has 0 amide bonds. The minimum atomic E-state index is 0.667. The Morgan fingerprint density at radius 1 is 1.32 bits per heavy atom. The zero-order valence-electron chi connectivity index (χ0n) is 12.3. The molecule has 106 valence electrons. The first-order chi connectivity index (χ1) is 9.13. The van der Waals surface area contributed by atoms with E-state index in [2.05, 4.69) is 48.0 Å². The third kappa shape index (κ3) is 3.75. The molecule has 0 N–H and O–H groups in total. The van der Waals surface area contributed by atoms with Gasteiger partial charge in [-0.25, -0.2) is 0 Å². The highest BCUT2D eigenvalue weighted by atomic mass is 79.9. The fourth-order valence-electron chi connectivity index (χ4n) is 3.26. The Labute approximate surface area is 125 Å². The van der Waals surface area contributed by atoms with Gasteiger partial charge in [0.1, 0.15) is 5.75 Å². The molecule has 0 saturated heterocycles. The van der Waals surface area contributed by atoms with Gasteiger partial charge in [-0.3, -0.25) is 0 Å². The predicted octanol–water partition coefficient (Wildman–Crippen LogP) is 5.14. The van der Waals surface area contributed by atoms with Crippen molar-refractivity contribution in [1.82, 2.24) is 0 Å². The first kappa shape index (κ1) is 14.9. The summed E-state index contributed by atoms with van der Waals surface area (Å²) in [7, 11) is 1.77. The van der Waals surface area contributed by atoms with Crippen molar-refractivity contribution < 1.29 is 4.74 Å². The average molecular weight is 325 g/mol. The molecule has 0 radical (unpaired) electrons. The van der Waals surface area contributed by atoms with E-state index in [0.717, 1.165) is 24.0 Å². The lowest BCUT2D eigenvalue weighted by molar-refractivity contribution is 0.269. The fraction of sp³-hybridized carbons (Fsp3) is 0.647. The highest BCUT2D eigenvalue weighted by Gasteiger charge is 2.28. The summed E-state index contributed by atoms with van der Waals surface area (Å²) in [5.74, 6) is 2.70. The normalized spacial score (nSPS) is 27.3. The average Bonchev–Trinajstić information content (AvgIpc) is 2.41. The molecule has 0 aliphatic heterocycles. The van der Waals surface area contributed by atoms with Gasteiger partial charge in [0.2, 0.25) is 0 Å². The second kappa shape index (κ2) is 6.78. The molecule has 2 rings (SSSR count). The Kier molecular flexibility index (Phi) is 5.32. The quantitative estimate of drug-likeness (QED) is 0.697. The lowest BCUT2D eigenvalue weighted by Crippen LogP contribution is -2.26. The van der Waals surface area contributed by atoms with Crippen LogP contribution in [-0.2, 0) is 6.42 Å². The lowest BCUT2D eigenvalue weighted by atomic mass is 9.77. The summed E-state index contributed by atoms with van der Waals surface area (Å²) in [6.07, 6.45) is 6.51. The minimum absolute atomic E-state index is 0.667. The number of methoxy groups -OCH3 is 1. The van der Waals surface area contributed by atoms with Crippen molar-refractivity contribution in [1.29, 1.82) is 0 Å². The lowest BCUT2D eigenvalue weighted by Gasteiger charge is -2.33. The van der Waals surface area contributed by atoms with Crippen molar-refractivity contribution in [2.75, 3.05) is 7.11 Å². The smallest absolute Gasteiger partial charge is 0.122 e. The van der Waals surface area contributed by atoms with Gasteiger partial charge >= 0.3 is 0 Å². The number of alkyl halides is 1. The third-order valence-electron chi connectivity index (χ3n) is 4.49. The standard InChI is InChI=1S/C17H25BrO/c1-4-13-6-7-16(18)14(10-13)11-15-9-12(2)5-8-17(15)19-3/h5,8-9,13-14,16H,4,6-7,10-11H2,1-3H3. The molecule has 0 heterocycles. The van der Waals surface area contributed by atoms with Crippen LogP contribution in [0.1, 0.15) is 43.7 Å². The van der Waals surface area contributed by atoms with Gasteiger partial charge in [-0.05, 0) is 56.1 Å². The number of halogens is 1. The molecule has 1 nitrogen and oxygen atoms in total. The predicted molar refractivity (Wildman–Crippen MR) is 85.3 cm³/mol. The summed E-state index contributed by atoms with van der Waals surface area (Å²) in [4.78, 5) is 0.667. The zero-order chi connectivity index (χ0) is 13.8. The minimum Gasteiger partial charge on any atom is -0.496 e. The molecule has 2 heteroatoms. The van der Waals surface area contributed by atoms with Gasteiger partial charge < -0.3 is 4.74 Å².